The lowest BCUT2D eigenvalue weighted by molar-refractivity contribution is 0.438. The molecule has 0 aliphatic heterocycles. The van der Waals surface area contributed by atoms with Gasteiger partial charge in [0.15, 0.2) is 5.69 Å². The van der Waals surface area contributed by atoms with Crippen LogP contribution in [-0.2, 0) is 0 Å². The molecule has 0 unspecified atom stereocenters. The van der Waals surface area contributed by atoms with Gasteiger partial charge >= 0.3 is 0 Å². The molecule has 1 aromatic heterocycles. The van der Waals surface area contributed by atoms with Gasteiger partial charge < -0.3 is 15.2 Å². The SMILES string of the molecule is CC(C)c1ccc(Oc2ncnc(Oc3ccccc3)c2N)cc1. The van der Waals surface area contributed by atoms with Gasteiger partial charge in [0.2, 0.25) is 11.8 Å². The van der Waals surface area contributed by atoms with E-state index in [4.69, 9.17) is 15.2 Å². The zero-order chi connectivity index (χ0) is 16.9. The lowest BCUT2D eigenvalue weighted by atomic mass is 10.0. The molecule has 2 aromatic carbocycles. The molecule has 1 heterocycles. The summed E-state index contributed by atoms with van der Waals surface area (Å²) in [4.78, 5) is 8.17. The quantitative estimate of drug-likeness (QED) is 0.733. The molecule has 3 rings (SSSR count). The number of aromatic nitrogens is 2. The molecule has 0 fully saturated rings. The summed E-state index contributed by atoms with van der Waals surface area (Å²) in [7, 11) is 0. The molecule has 24 heavy (non-hydrogen) atoms. The number of nitrogens with two attached hydrogens (primary N) is 1. The molecule has 0 amide bonds. The minimum Gasteiger partial charge on any atom is -0.437 e. The molecule has 5 nitrogen and oxygen atoms in total. The topological polar surface area (TPSA) is 70.3 Å². The van der Waals surface area contributed by atoms with Crippen LogP contribution in [0.4, 0.5) is 5.69 Å². The van der Waals surface area contributed by atoms with Crippen LogP contribution in [0.2, 0.25) is 0 Å². The predicted molar refractivity (Wildman–Crippen MR) is 93.6 cm³/mol. The number of benzene rings is 2. The summed E-state index contributed by atoms with van der Waals surface area (Å²) in [6, 6.07) is 17.2. The lowest BCUT2D eigenvalue weighted by Gasteiger charge is -2.11. The molecule has 0 spiro atoms. The Kier molecular flexibility index (Phi) is 4.61. The Labute approximate surface area is 141 Å². The number of rotatable bonds is 5. The van der Waals surface area contributed by atoms with Crippen molar-refractivity contribution in [3.63, 3.8) is 0 Å². The van der Waals surface area contributed by atoms with Gasteiger partial charge in [0.05, 0.1) is 0 Å². The van der Waals surface area contributed by atoms with Gasteiger partial charge in [-0.25, -0.2) is 0 Å². The van der Waals surface area contributed by atoms with Crippen LogP contribution < -0.4 is 15.2 Å². The van der Waals surface area contributed by atoms with E-state index >= 15 is 0 Å². The van der Waals surface area contributed by atoms with Crippen molar-refractivity contribution in [3.8, 4) is 23.3 Å². The number of nitrogen functional groups attached to an aromatic ring is 1. The van der Waals surface area contributed by atoms with Crippen LogP contribution in [0.3, 0.4) is 0 Å². The highest BCUT2D eigenvalue weighted by atomic mass is 16.5. The van der Waals surface area contributed by atoms with E-state index in [0.29, 0.717) is 17.4 Å². The Morgan fingerprint density at radius 2 is 1.33 bits per heavy atom. The van der Waals surface area contributed by atoms with Crippen LogP contribution in [-0.4, -0.2) is 9.97 Å². The Morgan fingerprint density at radius 3 is 1.88 bits per heavy atom. The average molecular weight is 321 g/mol. The van der Waals surface area contributed by atoms with Crippen LogP contribution in [0.25, 0.3) is 0 Å². The maximum Gasteiger partial charge on any atom is 0.249 e. The number of anilines is 1. The van der Waals surface area contributed by atoms with E-state index in [0.717, 1.165) is 0 Å². The second kappa shape index (κ2) is 7.00. The van der Waals surface area contributed by atoms with E-state index in [9.17, 15) is 0 Å². The van der Waals surface area contributed by atoms with Crippen molar-refractivity contribution in [2.75, 3.05) is 5.73 Å². The van der Waals surface area contributed by atoms with E-state index in [1.54, 1.807) is 0 Å². The molecule has 3 aromatic rings. The van der Waals surface area contributed by atoms with Gasteiger partial charge in [0.25, 0.3) is 0 Å². The molecule has 0 saturated heterocycles. The summed E-state index contributed by atoms with van der Waals surface area (Å²) < 4.78 is 11.4. The third-order valence-corrected chi connectivity index (χ3v) is 3.53. The molecule has 0 aliphatic carbocycles. The fourth-order valence-electron chi connectivity index (χ4n) is 2.16. The van der Waals surface area contributed by atoms with Crippen molar-refractivity contribution in [1.29, 1.82) is 0 Å². The first kappa shape index (κ1) is 15.8. The van der Waals surface area contributed by atoms with Crippen molar-refractivity contribution in [2.24, 2.45) is 0 Å². The maximum atomic E-state index is 6.08. The maximum absolute atomic E-state index is 6.08. The number of ether oxygens (including phenoxy) is 2. The molecule has 0 atom stereocenters. The summed E-state index contributed by atoms with van der Waals surface area (Å²) in [5, 5.41) is 0. The van der Waals surface area contributed by atoms with Crippen LogP contribution in [0.5, 0.6) is 23.3 Å². The van der Waals surface area contributed by atoms with Gasteiger partial charge in [-0.3, -0.25) is 0 Å². The number of nitrogens with zero attached hydrogens (tertiary/aromatic N) is 2. The molecule has 2 N–H and O–H groups in total. The second-order valence-electron chi connectivity index (χ2n) is 5.64. The molecular formula is C19H19N3O2. The minimum absolute atomic E-state index is 0.259. The molecule has 0 aliphatic rings. The molecule has 0 bridgehead atoms. The minimum atomic E-state index is 0.259. The normalized spacial score (nSPS) is 10.6. The fraction of sp³-hybridized carbons (Fsp3) is 0.158. The lowest BCUT2D eigenvalue weighted by Crippen LogP contribution is -2.00. The standard InChI is InChI=1S/C19H19N3O2/c1-13(2)14-8-10-16(11-9-14)24-19-17(20)18(21-12-22-19)23-15-6-4-3-5-7-15/h3-13H,20H2,1-2H3. The second-order valence-corrected chi connectivity index (χ2v) is 5.64. The van der Waals surface area contributed by atoms with Gasteiger partial charge in [-0.05, 0) is 35.7 Å². The van der Waals surface area contributed by atoms with Crippen molar-refractivity contribution >= 4 is 5.69 Å². The van der Waals surface area contributed by atoms with E-state index in [-0.39, 0.29) is 17.4 Å². The van der Waals surface area contributed by atoms with Crippen molar-refractivity contribution < 1.29 is 9.47 Å². The third-order valence-electron chi connectivity index (χ3n) is 3.53. The summed E-state index contributed by atoms with van der Waals surface area (Å²) in [5.41, 5.74) is 7.58. The van der Waals surface area contributed by atoms with Crippen LogP contribution in [0.15, 0.2) is 60.9 Å². The monoisotopic (exact) mass is 321 g/mol. The highest BCUT2D eigenvalue weighted by Gasteiger charge is 2.12. The molecule has 0 radical (unpaired) electrons. The van der Waals surface area contributed by atoms with E-state index in [1.807, 2.05) is 54.6 Å². The van der Waals surface area contributed by atoms with Gasteiger partial charge in [-0.15, -0.1) is 0 Å². The Morgan fingerprint density at radius 1 is 0.792 bits per heavy atom. The zero-order valence-corrected chi connectivity index (χ0v) is 13.6. The molecule has 0 saturated carbocycles. The van der Waals surface area contributed by atoms with E-state index < -0.39 is 0 Å². The number of hydrogen-bond donors (Lipinski definition) is 1. The molecular weight excluding hydrogens is 302 g/mol. The smallest absolute Gasteiger partial charge is 0.249 e. The van der Waals surface area contributed by atoms with Gasteiger partial charge in [0, 0.05) is 0 Å². The molecule has 5 heteroatoms. The van der Waals surface area contributed by atoms with Crippen molar-refractivity contribution in [1.82, 2.24) is 9.97 Å². The highest BCUT2D eigenvalue weighted by Crippen LogP contribution is 2.33. The summed E-state index contributed by atoms with van der Waals surface area (Å²) >= 11 is 0. The van der Waals surface area contributed by atoms with Crippen molar-refractivity contribution in [2.45, 2.75) is 19.8 Å². The highest BCUT2D eigenvalue weighted by molar-refractivity contribution is 5.57. The number of para-hydroxylation sites is 1. The Bertz CT molecular complexity index is 803. The molecule has 122 valence electrons. The Hall–Kier alpha value is -3.08. The summed E-state index contributed by atoms with van der Waals surface area (Å²) in [5.74, 6) is 2.32. The summed E-state index contributed by atoms with van der Waals surface area (Å²) in [6.07, 6.45) is 1.37. The predicted octanol–water partition coefficient (Wildman–Crippen LogP) is 4.77. The largest absolute Gasteiger partial charge is 0.437 e. The summed E-state index contributed by atoms with van der Waals surface area (Å²) in [6.45, 7) is 4.29. The van der Waals surface area contributed by atoms with E-state index in [1.165, 1.54) is 11.9 Å². The first-order chi connectivity index (χ1) is 11.6. The van der Waals surface area contributed by atoms with Gasteiger partial charge in [0.1, 0.15) is 17.8 Å². The van der Waals surface area contributed by atoms with Crippen molar-refractivity contribution in [3.05, 3.63) is 66.5 Å². The van der Waals surface area contributed by atoms with Gasteiger partial charge in [-0.1, -0.05) is 44.2 Å². The Balaban J connectivity index is 1.80. The third kappa shape index (κ3) is 3.63. The first-order valence-electron chi connectivity index (χ1n) is 7.74. The van der Waals surface area contributed by atoms with Gasteiger partial charge in [-0.2, -0.15) is 9.97 Å². The zero-order valence-electron chi connectivity index (χ0n) is 13.6. The van der Waals surface area contributed by atoms with Crippen LogP contribution in [0, 0.1) is 0 Å². The first-order valence-corrected chi connectivity index (χ1v) is 7.74. The number of hydrogen-bond acceptors (Lipinski definition) is 5. The van der Waals surface area contributed by atoms with Crippen LogP contribution in [0.1, 0.15) is 25.3 Å². The van der Waals surface area contributed by atoms with Crippen LogP contribution >= 0.6 is 0 Å². The van der Waals surface area contributed by atoms with E-state index in [2.05, 4.69) is 23.8 Å². The average Bonchev–Trinajstić information content (AvgIpc) is 2.60. The fourth-order valence-corrected chi connectivity index (χ4v) is 2.16.